The normalized spacial score (nSPS) is 11.1. The van der Waals surface area contributed by atoms with Gasteiger partial charge in [-0.25, -0.2) is 4.98 Å². The summed E-state index contributed by atoms with van der Waals surface area (Å²) in [5.41, 5.74) is 3.07. The number of halogens is 2. The first-order valence-corrected chi connectivity index (χ1v) is 9.56. The molecule has 140 valence electrons. The lowest BCUT2D eigenvalue weighted by Crippen LogP contribution is -1.95. The molecule has 0 atom stereocenters. The summed E-state index contributed by atoms with van der Waals surface area (Å²) >= 11 is 13.5. The van der Waals surface area contributed by atoms with Gasteiger partial charge in [0.05, 0.1) is 15.6 Å². The van der Waals surface area contributed by atoms with E-state index in [0.717, 1.165) is 5.56 Å². The van der Waals surface area contributed by atoms with E-state index in [0.29, 0.717) is 37.6 Å². The smallest absolute Gasteiger partial charge is 0.269 e. The van der Waals surface area contributed by atoms with Crippen molar-refractivity contribution in [1.29, 1.82) is 5.26 Å². The van der Waals surface area contributed by atoms with Gasteiger partial charge in [0.2, 0.25) is 0 Å². The molecular weight excluding hydrogens is 419 g/mol. The number of aryl methyl sites for hydroxylation is 1. The molecule has 0 aliphatic rings. The predicted molar refractivity (Wildman–Crippen MR) is 113 cm³/mol. The number of allylic oxidation sites excluding steroid dienone is 1. The van der Waals surface area contributed by atoms with E-state index in [4.69, 9.17) is 23.2 Å². The Labute approximate surface area is 174 Å². The number of hydrogen-bond acceptors (Lipinski definition) is 6. The highest BCUT2D eigenvalue weighted by Crippen LogP contribution is 2.32. The van der Waals surface area contributed by atoms with Crippen LogP contribution in [-0.2, 0) is 0 Å². The maximum Gasteiger partial charge on any atom is 0.269 e. The number of non-ortho nitro benzene ring substituents is 1. The average molecular weight is 431 g/mol. The Bertz CT molecular complexity index is 1140. The molecule has 28 heavy (non-hydrogen) atoms. The molecule has 1 heterocycles. The minimum absolute atomic E-state index is 0.0111. The van der Waals surface area contributed by atoms with Crippen LogP contribution in [0.2, 0.25) is 10.0 Å². The Hall–Kier alpha value is -2.92. The topological polar surface area (TPSA) is 91.9 Å². The van der Waals surface area contributed by atoms with E-state index in [1.807, 2.05) is 5.38 Å². The summed E-state index contributed by atoms with van der Waals surface area (Å²) < 4.78 is 0. The van der Waals surface area contributed by atoms with Crippen LogP contribution in [0.15, 0.2) is 48.0 Å². The highest BCUT2D eigenvalue weighted by atomic mass is 35.5. The predicted octanol–water partition coefficient (Wildman–Crippen LogP) is 6.31. The molecule has 3 aromatic rings. The van der Waals surface area contributed by atoms with Crippen molar-refractivity contribution in [2.24, 2.45) is 0 Å². The van der Waals surface area contributed by atoms with Gasteiger partial charge in [-0.2, -0.15) is 5.26 Å². The van der Waals surface area contributed by atoms with Gasteiger partial charge in [0.1, 0.15) is 16.6 Å². The number of nitrogens with zero attached hydrogens (tertiary/aromatic N) is 3. The molecule has 0 saturated carbocycles. The molecule has 0 radical (unpaired) electrons. The van der Waals surface area contributed by atoms with Crippen molar-refractivity contribution >= 4 is 51.5 Å². The molecule has 9 heteroatoms. The van der Waals surface area contributed by atoms with Gasteiger partial charge in [0, 0.05) is 40.0 Å². The second-order valence-corrected chi connectivity index (χ2v) is 7.43. The second-order valence-electron chi connectivity index (χ2n) is 5.73. The molecule has 0 bridgehead atoms. The molecule has 0 fully saturated rings. The number of hydrogen-bond donors (Lipinski definition) is 1. The molecular formula is C19H12Cl2N4O2S. The monoisotopic (exact) mass is 430 g/mol. The zero-order valence-corrected chi connectivity index (χ0v) is 16.8. The number of benzene rings is 2. The van der Waals surface area contributed by atoms with E-state index in [1.165, 1.54) is 29.7 Å². The molecule has 0 saturated heterocycles. The van der Waals surface area contributed by atoms with Crippen LogP contribution in [0.25, 0.3) is 16.8 Å². The summed E-state index contributed by atoms with van der Waals surface area (Å²) in [7, 11) is 0. The number of nitro benzene ring substituents is 1. The highest BCUT2D eigenvalue weighted by molar-refractivity contribution is 7.11. The molecule has 0 unspecified atom stereocenters. The first kappa shape index (κ1) is 19.8. The Morgan fingerprint density at radius 3 is 2.75 bits per heavy atom. The highest BCUT2D eigenvalue weighted by Gasteiger charge is 2.12. The van der Waals surface area contributed by atoms with Crippen molar-refractivity contribution in [2.75, 3.05) is 5.32 Å². The minimum Gasteiger partial charge on any atom is -0.360 e. The fourth-order valence-electron chi connectivity index (χ4n) is 2.43. The maximum absolute atomic E-state index is 10.8. The summed E-state index contributed by atoms with van der Waals surface area (Å²) in [6, 6.07) is 11.7. The number of nitrogens with one attached hydrogen (secondary N) is 1. The van der Waals surface area contributed by atoms with Crippen molar-refractivity contribution in [3.63, 3.8) is 0 Å². The minimum atomic E-state index is -0.452. The van der Waals surface area contributed by atoms with Crippen LogP contribution in [-0.4, -0.2) is 9.91 Å². The van der Waals surface area contributed by atoms with Crippen LogP contribution < -0.4 is 5.32 Å². The molecule has 0 aliphatic heterocycles. The number of aromatic nitrogens is 1. The van der Waals surface area contributed by atoms with Gasteiger partial charge < -0.3 is 5.32 Å². The standard InChI is InChI=1S/C19H12Cl2N4O2S/c1-11-6-14(25(26)27)3-5-17(11)23-9-12(8-22)19-24-18(10-28-19)15-4-2-13(20)7-16(15)21/h2-7,9-10,23H,1H3/b12-9+. The Balaban J connectivity index is 1.85. The largest absolute Gasteiger partial charge is 0.360 e. The van der Waals surface area contributed by atoms with Gasteiger partial charge in [-0.15, -0.1) is 11.3 Å². The van der Waals surface area contributed by atoms with Crippen LogP contribution in [0.4, 0.5) is 11.4 Å². The summed E-state index contributed by atoms with van der Waals surface area (Å²) in [6.45, 7) is 1.75. The van der Waals surface area contributed by atoms with Gasteiger partial charge in [-0.1, -0.05) is 23.2 Å². The van der Waals surface area contributed by atoms with Gasteiger partial charge in [0.15, 0.2) is 0 Å². The summed E-state index contributed by atoms with van der Waals surface area (Å²) in [5.74, 6) is 0. The van der Waals surface area contributed by atoms with E-state index in [9.17, 15) is 15.4 Å². The van der Waals surface area contributed by atoms with Crippen molar-refractivity contribution in [3.05, 3.63) is 78.7 Å². The molecule has 6 nitrogen and oxygen atoms in total. The lowest BCUT2D eigenvalue weighted by atomic mass is 10.1. The number of nitriles is 1. The van der Waals surface area contributed by atoms with Crippen LogP contribution >= 0.6 is 34.5 Å². The molecule has 1 aromatic heterocycles. The third-order valence-corrected chi connectivity index (χ3v) is 5.28. The fraction of sp³-hybridized carbons (Fsp3) is 0.0526. The third kappa shape index (κ3) is 4.31. The van der Waals surface area contributed by atoms with Crippen molar-refractivity contribution in [2.45, 2.75) is 6.92 Å². The van der Waals surface area contributed by atoms with Crippen LogP contribution in [0.1, 0.15) is 10.6 Å². The molecule has 2 aromatic carbocycles. The number of anilines is 1. The SMILES string of the molecule is Cc1cc([N+](=O)[O-])ccc1N/C=C(\C#N)c1nc(-c2ccc(Cl)cc2Cl)cs1. The fourth-order valence-corrected chi connectivity index (χ4v) is 3.72. The zero-order valence-electron chi connectivity index (χ0n) is 14.4. The summed E-state index contributed by atoms with van der Waals surface area (Å²) in [4.78, 5) is 14.9. The first-order chi connectivity index (χ1) is 13.4. The summed E-state index contributed by atoms with van der Waals surface area (Å²) in [6.07, 6.45) is 1.53. The average Bonchev–Trinajstić information content (AvgIpc) is 3.12. The third-order valence-electron chi connectivity index (χ3n) is 3.85. The first-order valence-electron chi connectivity index (χ1n) is 7.92. The van der Waals surface area contributed by atoms with Crippen LogP contribution in [0.5, 0.6) is 0 Å². The van der Waals surface area contributed by atoms with E-state index in [-0.39, 0.29) is 5.69 Å². The van der Waals surface area contributed by atoms with Crippen molar-refractivity contribution < 1.29 is 4.92 Å². The zero-order chi connectivity index (χ0) is 20.3. The number of rotatable bonds is 5. The van der Waals surface area contributed by atoms with Gasteiger partial charge in [-0.3, -0.25) is 10.1 Å². The van der Waals surface area contributed by atoms with Crippen molar-refractivity contribution in [3.8, 4) is 17.3 Å². The van der Waals surface area contributed by atoms with E-state index < -0.39 is 4.92 Å². The molecule has 3 rings (SSSR count). The quantitative estimate of drug-likeness (QED) is 0.290. The Morgan fingerprint density at radius 1 is 1.32 bits per heavy atom. The molecule has 0 amide bonds. The van der Waals surface area contributed by atoms with E-state index in [2.05, 4.69) is 16.4 Å². The van der Waals surface area contributed by atoms with Crippen molar-refractivity contribution in [1.82, 2.24) is 4.98 Å². The lowest BCUT2D eigenvalue weighted by molar-refractivity contribution is -0.384. The summed E-state index contributed by atoms with van der Waals surface area (Å²) in [5, 5.41) is 26.7. The van der Waals surface area contributed by atoms with E-state index >= 15 is 0 Å². The molecule has 0 aliphatic carbocycles. The number of nitro groups is 1. The van der Waals surface area contributed by atoms with E-state index in [1.54, 1.807) is 31.2 Å². The maximum atomic E-state index is 10.8. The molecule has 0 spiro atoms. The number of thiazole rings is 1. The van der Waals surface area contributed by atoms with Gasteiger partial charge in [0.25, 0.3) is 5.69 Å². The van der Waals surface area contributed by atoms with Crippen LogP contribution in [0.3, 0.4) is 0 Å². The van der Waals surface area contributed by atoms with Gasteiger partial charge in [-0.05, 0) is 36.8 Å². The van der Waals surface area contributed by atoms with Gasteiger partial charge >= 0.3 is 0 Å². The Morgan fingerprint density at radius 2 is 2.11 bits per heavy atom. The van der Waals surface area contributed by atoms with Crippen LogP contribution in [0, 0.1) is 28.4 Å². The Kier molecular flexibility index (Phi) is 5.95. The second kappa shape index (κ2) is 8.40. The lowest BCUT2D eigenvalue weighted by Gasteiger charge is -2.05. The molecule has 1 N–H and O–H groups in total.